The number of aryl methyl sites for hydroxylation is 1. The molecule has 2 amide bonds. The predicted octanol–water partition coefficient (Wildman–Crippen LogP) is 3.71. The summed E-state index contributed by atoms with van der Waals surface area (Å²) in [4.78, 5) is 25.1. The van der Waals surface area contributed by atoms with E-state index >= 15 is 0 Å². The highest BCUT2D eigenvalue weighted by molar-refractivity contribution is 6.10. The van der Waals surface area contributed by atoms with Crippen LogP contribution in [0.15, 0.2) is 48.5 Å². The molecule has 26 heavy (non-hydrogen) atoms. The fraction of sp³-hybridized carbons (Fsp3) is 0.333. The Morgan fingerprint density at radius 2 is 1.65 bits per heavy atom. The van der Waals surface area contributed by atoms with Crippen molar-refractivity contribution in [1.29, 1.82) is 0 Å². The zero-order chi connectivity index (χ0) is 19.2. The van der Waals surface area contributed by atoms with E-state index in [0.29, 0.717) is 13.0 Å². The second kappa shape index (κ2) is 8.61. The van der Waals surface area contributed by atoms with Crippen molar-refractivity contribution in [3.8, 4) is 0 Å². The normalized spacial score (nSPS) is 11.1. The SMILES string of the molecule is CCc1ccccc1NC(=O)C(C)(C)C(=O)NCCc1ccc(F)cc1. The van der Waals surface area contributed by atoms with Gasteiger partial charge in [-0.15, -0.1) is 0 Å². The summed E-state index contributed by atoms with van der Waals surface area (Å²) in [6.07, 6.45) is 1.36. The summed E-state index contributed by atoms with van der Waals surface area (Å²) in [6.45, 7) is 5.60. The van der Waals surface area contributed by atoms with Crippen LogP contribution in [0.3, 0.4) is 0 Å². The number of carbonyl (C=O) groups is 2. The van der Waals surface area contributed by atoms with Crippen LogP contribution in [-0.2, 0) is 22.4 Å². The fourth-order valence-corrected chi connectivity index (χ4v) is 2.52. The first-order valence-electron chi connectivity index (χ1n) is 8.76. The van der Waals surface area contributed by atoms with E-state index in [2.05, 4.69) is 10.6 Å². The molecule has 2 aromatic carbocycles. The van der Waals surface area contributed by atoms with Crippen molar-refractivity contribution in [3.05, 3.63) is 65.5 Å². The molecule has 5 heteroatoms. The topological polar surface area (TPSA) is 58.2 Å². The number of benzene rings is 2. The summed E-state index contributed by atoms with van der Waals surface area (Å²) < 4.78 is 12.9. The highest BCUT2D eigenvalue weighted by atomic mass is 19.1. The van der Waals surface area contributed by atoms with Crippen molar-refractivity contribution in [1.82, 2.24) is 5.32 Å². The van der Waals surface area contributed by atoms with Crippen molar-refractivity contribution in [2.75, 3.05) is 11.9 Å². The molecule has 2 rings (SSSR count). The largest absolute Gasteiger partial charge is 0.355 e. The Morgan fingerprint density at radius 1 is 1.00 bits per heavy atom. The van der Waals surface area contributed by atoms with Crippen molar-refractivity contribution in [2.24, 2.45) is 5.41 Å². The molecule has 0 radical (unpaired) electrons. The summed E-state index contributed by atoms with van der Waals surface area (Å²) in [5.74, 6) is -0.980. The number of carbonyl (C=O) groups excluding carboxylic acids is 2. The van der Waals surface area contributed by atoms with Crippen LogP contribution in [0.2, 0.25) is 0 Å². The number of amides is 2. The molecule has 0 heterocycles. The third-order valence-electron chi connectivity index (χ3n) is 4.39. The van der Waals surface area contributed by atoms with Gasteiger partial charge in [0.25, 0.3) is 0 Å². The Hall–Kier alpha value is -2.69. The first-order chi connectivity index (χ1) is 12.3. The van der Waals surface area contributed by atoms with Crippen LogP contribution < -0.4 is 10.6 Å². The Morgan fingerprint density at radius 3 is 2.31 bits per heavy atom. The van der Waals surface area contributed by atoms with Crippen LogP contribution in [0.25, 0.3) is 0 Å². The van der Waals surface area contributed by atoms with Gasteiger partial charge in [-0.1, -0.05) is 37.3 Å². The Bertz CT molecular complexity index is 770. The maximum Gasteiger partial charge on any atom is 0.239 e. The Balaban J connectivity index is 1.93. The maximum atomic E-state index is 12.9. The summed E-state index contributed by atoms with van der Waals surface area (Å²) in [5, 5.41) is 5.64. The van der Waals surface area contributed by atoms with Crippen LogP contribution in [0.5, 0.6) is 0 Å². The first kappa shape index (κ1) is 19.6. The number of anilines is 1. The van der Waals surface area contributed by atoms with Crippen LogP contribution >= 0.6 is 0 Å². The van der Waals surface area contributed by atoms with E-state index in [9.17, 15) is 14.0 Å². The van der Waals surface area contributed by atoms with Crippen LogP contribution in [-0.4, -0.2) is 18.4 Å². The lowest BCUT2D eigenvalue weighted by Crippen LogP contribution is -2.45. The molecule has 0 spiro atoms. The minimum Gasteiger partial charge on any atom is -0.355 e. The number of hydrogen-bond donors (Lipinski definition) is 2. The summed E-state index contributed by atoms with van der Waals surface area (Å²) in [7, 11) is 0. The van der Waals surface area contributed by atoms with Crippen LogP contribution in [0.1, 0.15) is 31.9 Å². The molecule has 138 valence electrons. The lowest BCUT2D eigenvalue weighted by Gasteiger charge is -2.23. The first-order valence-corrected chi connectivity index (χ1v) is 8.76. The van der Waals surface area contributed by atoms with Crippen molar-refractivity contribution < 1.29 is 14.0 Å². The molecule has 0 fully saturated rings. The molecule has 0 saturated heterocycles. The molecule has 0 aliphatic heterocycles. The average molecular weight is 356 g/mol. The zero-order valence-corrected chi connectivity index (χ0v) is 15.4. The van der Waals surface area contributed by atoms with Gasteiger partial charge in [-0.3, -0.25) is 9.59 Å². The minimum absolute atomic E-state index is 0.289. The fourth-order valence-electron chi connectivity index (χ4n) is 2.52. The third kappa shape index (κ3) is 4.91. The minimum atomic E-state index is -1.20. The van der Waals surface area contributed by atoms with Crippen LogP contribution in [0, 0.1) is 11.2 Å². The lowest BCUT2D eigenvalue weighted by atomic mass is 9.90. The van der Waals surface area contributed by atoms with E-state index < -0.39 is 5.41 Å². The van der Waals surface area contributed by atoms with Crippen LogP contribution in [0.4, 0.5) is 10.1 Å². The van der Waals surface area contributed by atoms with Gasteiger partial charge in [-0.2, -0.15) is 0 Å². The Labute approximate surface area is 153 Å². The van der Waals surface area contributed by atoms with Gasteiger partial charge in [0, 0.05) is 12.2 Å². The zero-order valence-electron chi connectivity index (χ0n) is 15.4. The molecule has 0 saturated carbocycles. The molecule has 0 aliphatic rings. The summed E-state index contributed by atoms with van der Waals surface area (Å²) in [5.41, 5.74) is 1.47. The van der Waals surface area contributed by atoms with Crippen molar-refractivity contribution >= 4 is 17.5 Å². The number of nitrogens with one attached hydrogen (secondary N) is 2. The molecule has 0 aromatic heterocycles. The van der Waals surface area contributed by atoms with Gasteiger partial charge in [0.1, 0.15) is 11.2 Å². The van der Waals surface area contributed by atoms with Crippen molar-refractivity contribution in [3.63, 3.8) is 0 Å². The molecule has 0 atom stereocenters. The quantitative estimate of drug-likeness (QED) is 0.743. The highest BCUT2D eigenvalue weighted by Crippen LogP contribution is 2.22. The number of para-hydroxylation sites is 1. The van der Waals surface area contributed by atoms with E-state index in [1.54, 1.807) is 26.0 Å². The van der Waals surface area contributed by atoms with Gasteiger partial charge in [-0.25, -0.2) is 4.39 Å². The maximum absolute atomic E-state index is 12.9. The van der Waals surface area contributed by atoms with Crippen molar-refractivity contribution in [2.45, 2.75) is 33.6 Å². The number of halogens is 1. The van der Waals surface area contributed by atoms with Gasteiger partial charge < -0.3 is 10.6 Å². The van der Waals surface area contributed by atoms with Gasteiger partial charge in [0.2, 0.25) is 11.8 Å². The second-order valence-corrected chi connectivity index (χ2v) is 6.72. The smallest absolute Gasteiger partial charge is 0.239 e. The van der Waals surface area contributed by atoms with Gasteiger partial charge in [-0.05, 0) is 56.0 Å². The molecule has 0 bridgehead atoms. The predicted molar refractivity (Wildman–Crippen MR) is 101 cm³/mol. The molecule has 4 nitrogen and oxygen atoms in total. The molecular weight excluding hydrogens is 331 g/mol. The summed E-state index contributed by atoms with van der Waals surface area (Å²) >= 11 is 0. The molecular formula is C21H25FN2O2. The van der Waals surface area contributed by atoms with E-state index in [1.807, 2.05) is 31.2 Å². The van der Waals surface area contributed by atoms with E-state index in [4.69, 9.17) is 0 Å². The average Bonchev–Trinajstić information content (AvgIpc) is 2.63. The number of rotatable bonds is 7. The molecule has 2 aromatic rings. The lowest BCUT2D eigenvalue weighted by molar-refractivity contribution is -0.138. The van der Waals surface area contributed by atoms with E-state index in [-0.39, 0.29) is 17.6 Å². The second-order valence-electron chi connectivity index (χ2n) is 6.72. The van der Waals surface area contributed by atoms with E-state index in [0.717, 1.165) is 23.2 Å². The van der Waals surface area contributed by atoms with Gasteiger partial charge in [0.05, 0.1) is 0 Å². The monoisotopic (exact) mass is 356 g/mol. The standard InChI is InChI=1S/C21H25FN2O2/c1-4-16-7-5-6-8-18(16)24-20(26)21(2,3)19(25)23-14-13-15-9-11-17(22)12-10-15/h5-12H,4,13-14H2,1-3H3,(H,23,25)(H,24,26). The highest BCUT2D eigenvalue weighted by Gasteiger charge is 2.36. The van der Waals surface area contributed by atoms with E-state index in [1.165, 1.54) is 12.1 Å². The Kier molecular flexibility index (Phi) is 6.50. The summed E-state index contributed by atoms with van der Waals surface area (Å²) in [6, 6.07) is 13.7. The van der Waals surface area contributed by atoms with Gasteiger partial charge >= 0.3 is 0 Å². The third-order valence-corrected chi connectivity index (χ3v) is 4.39. The number of hydrogen-bond acceptors (Lipinski definition) is 2. The van der Waals surface area contributed by atoms with Gasteiger partial charge in [0.15, 0.2) is 0 Å². The molecule has 0 unspecified atom stereocenters. The molecule has 2 N–H and O–H groups in total. The molecule has 0 aliphatic carbocycles.